The van der Waals surface area contributed by atoms with Crippen LogP contribution in [0.5, 0.6) is 0 Å². The normalized spacial score (nSPS) is 28.3. The summed E-state index contributed by atoms with van der Waals surface area (Å²) in [5, 5.41) is 12.7. The fourth-order valence-electron chi connectivity index (χ4n) is 2.40. The average molecular weight is 178 g/mol. The average Bonchev–Trinajstić information content (AvgIpc) is 2.77. The Kier molecular flexibility index (Phi) is 2.29. The zero-order valence-corrected chi connectivity index (χ0v) is 8.34. The summed E-state index contributed by atoms with van der Waals surface area (Å²) in [6.45, 7) is 2.08. The van der Waals surface area contributed by atoms with Crippen LogP contribution in [0.3, 0.4) is 0 Å². The quantitative estimate of drug-likeness (QED) is 0.719. The maximum atomic E-state index is 9.21. The van der Waals surface area contributed by atoms with E-state index >= 15 is 0 Å². The SMILES string of the molecule is CC(C#N)(NC1CC1)C1CCCC1. The molecule has 2 rings (SSSR count). The van der Waals surface area contributed by atoms with Crippen LogP contribution in [0.25, 0.3) is 0 Å². The van der Waals surface area contributed by atoms with E-state index in [1.54, 1.807) is 0 Å². The maximum absolute atomic E-state index is 9.21. The van der Waals surface area contributed by atoms with Crippen molar-refractivity contribution in [2.45, 2.75) is 57.0 Å². The second kappa shape index (κ2) is 3.31. The van der Waals surface area contributed by atoms with Gasteiger partial charge in [0.25, 0.3) is 0 Å². The smallest absolute Gasteiger partial charge is 0.106 e. The Morgan fingerprint density at radius 2 is 1.85 bits per heavy atom. The molecule has 0 aromatic heterocycles. The second-order valence-corrected chi connectivity index (χ2v) is 4.71. The fraction of sp³-hybridized carbons (Fsp3) is 0.909. The number of nitrogens with one attached hydrogen (secondary N) is 1. The second-order valence-electron chi connectivity index (χ2n) is 4.71. The highest BCUT2D eigenvalue weighted by Crippen LogP contribution is 2.35. The zero-order valence-electron chi connectivity index (χ0n) is 8.34. The molecular formula is C11H18N2. The molecule has 0 aromatic carbocycles. The molecule has 0 radical (unpaired) electrons. The molecule has 0 saturated heterocycles. The summed E-state index contributed by atoms with van der Waals surface area (Å²) in [4.78, 5) is 0. The molecule has 13 heavy (non-hydrogen) atoms. The van der Waals surface area contributed by atoms with Crippen LogP contribution in [0.4, 0.5) is 0 Å². The minimum absolute atomic E-state index is 0.238. The first-order valence-corrected chi connectivity index (χ1v) is 5.43. The van der Waals surface area contributed by atoms with E-state index in [1.807, 2.05) is 0 Å². The summed E-state index contributed by atoms with van der Waals surface area (Å²) in [6.07, 6.45) is 7.64. The predicted octanol–water partition coefficient (Wildman–Crippen LogP) is 2.21. The summed E-state index contributed by atoms with van der Waals surface area (Å²) in [5.41, 5.74) is -0.238. The topological polar surface area (TPSA) is 35.8 Å². The van der Waals surface area contributed by atoms with Gasteiger partial charge >= 0.3 is 0 Å². The summed E-state index contributed by atoms with van der Waals surface area (Å²) in [6, 6.07) is 3.12. The standard InChI is InChI=1S/C11H18N2/c1-11(8-12,13-10-6-7-10)9-4-2-3-5-9/h9-10,13H,2-7H2,1H3. The zero-order chi connectivity index (χ0) is 9.31. The number of rotatable bonds is 3. The molecule has 2 fully saturated rings. The Morgan fingerprint density at radius 1 is 1.23 bits per heavy atom. The number of nitrogens with zero attached hydrogens (tertiary/aromatic N) is 1. The first kappa shape index (κ1) is 9.02. The van der Waals surface area contributed by atoms with Crippen LogP contribution >= 0.6 is 0 Å². The van der Waals surface area contributed by atoms with Crippen molar-refractivity contribution in [2.24, 2.45) is 5.92 Å². The van der Waals surface area contributed by atoms with E-state index in [1.165, 1.54) is 38.5 Å². The lowest BCUT2D eigenvalue weighted by molar-refractivity contribution is 0.299. The Bertz CT molecular complexity index is 221. The molecule has 2 aliphatic rings. The third-order valence-corrected chi connectivity index (χ3v) is 3.49. The first-order chi connectivity index (χ1) is 6.24. The van der Waals surface area contributed by atoms with Crippen LogP contribution in [0, 0.1) is 17.2 Å². The van der Waals surface area contributed by atoms with E-state index in [0.29, 0.717) is 12.0 Å². The van der Waals surface area contributed by atoms with Crippen LogP contribution in [0.1, 0.15) is 45.4 Å². The van der Waals surface area contributed by atoms with E-state index in [9.17, 15) is 5.26 Å². The van der Waals surface area contributed by atoms with Gasteiger partial charge in [0.05, 0.1) is 6.07 Å². The molecule has 2 heteroatoms. The third-order valence-electron chi connectivity index (χ3n) is 3.49. The summed E-state index contributed by atoms with van der Waals surface area (Å²) in [5.74, 6) is 0.595. The van der Waals surface area contributed by atoms with E-state index in [0.717, 1.165) is 0 Å². The monoisotopic (exact) mass is 178 g/mol. The molecule has 1 unspecified atom stereocenters. The first-order valence-electron chi connectivity index (χ1n) is 5.43. The van der Waals surface area contributed by atoms with Crippen LogP contribution in [0.15, 0.2) is 0 Å². The molecule has 2 aliphatic carbocycles. The molecule has 2 nitrogen and oxygen atoms in total. The lowest BCUT2D eigenvalue weighted by atomic mass is 9.85. The fourth-order valence-corrected chi connectivity index (χ4v) is 2.40. The molecule has 0 aliphatic heterocycles. The van der Waals surface area contributed by atoms with Gasteiger partial charge in [0.15, 0.2) is 0 Å². The van der Waals surface area contributed by atoms with Gasteiger partial charge in [0.2, 0.25) is 0 Å². The van der Waals surface area contributed by atoms with Gasteiger partial charge in [-0.15, -0.1) is 0 Å². The van der Waals surface area contributed by atoms with Gasteiger partial charge in [-0.25, -0.2) is 0 Å². The lowest BCUT2D eigenvalue weighted by Crippen LogP contribution is -2.47. The van der Waals surface area contributed by atoms with Crippen molar-refractivity contribution < 1.29 is 0 Å². The van der Waals surface area contributed by atoms with Gasteiger partial charge in [-0.05, 0) is 38.5 Å². The van der Waals surface area contributed by atoms with Crippen LogP contribution in [0.2, 0.25) is 0 Å². The van der Waals surface area contributed by atoms with Crippen LogP contribution < -0.4 is 5.32 Å². The molecule has 0 amide bonds. The molecule has 2 saturated carbocycles. The van der Waals surface area contributed by atoms with E-state index in [4.69, 9.17) is 0 Å². The van der Waals surface area contributed by atoms with Crippen molar-refractivity contribution >= 4 is 0 Å². The highest BCUT2D eigenvalue weighted by atomic mass is 15.0. The van der Waals surface area contributed by atoms with Gasteiger partial charge in [0, 0.05) is 6.04 Å². The lowest BCUT2D eigenvalue weighted by Gasteiger charge is -2.29. The van der Waals surface area contributed by atoms with Gasteiger partial charge in [-0.3, -0.25) is 5.32 Å². The molecule has 1 N–H and O–H groups in total. The Hall–Kier alpha value is -0.550. The van der Waals surface area contributed by atoms with Crippen LogP contribution in [-0.2, 0) is 0 Å². The minimum Gasteiger partial charge on any atom is -0.297 e. The number of hydrogen-bond donors (Lipinski definition) is 1. The van der Waals surface area contributed by atoms with Gasteiger partial charge < -0.3 is 0 Å². The summed E-state index contributed by atoms with van der Waals surface area (Å²) < 4.78 is 0. The van der Waals surface area contributed by atoms with Crippen LogP contribution in [-0.4, -0.2) is 11.6 Å². The molecule has 0 spiro atoms. The summed E-state index contributed by atoms with van der Waals surface area (Å²) >= 11 is 0. The molecule has 72 valence electrons. The largest absolute Gasteiger partial charge is 0.297 e. The van der Waals surface area contributed by atoms with Crippen molar-refractivity contribution in [1.29, 1.82) is 5.26 Å². The van der Waals surface area contributed by atoms with Gasteiger partial charge in [-0.2, -0.15) is 5.26 Å². The molecular weight excluding hydrogens is 160 g/mol. The number of nitriles is 1. The summed E-state index contributed by atoms with van der Waals surface area (Å²) in [7, 11) is 0. The highest BCUT2D eigenvalue weighted by Gasteiger charge is 2.39. The van der Waals surface area contributed by atoms with E-state index in [-0.39, 0.29) is 5.54 Å². The van der Waals surface area contributed by atoms with Crippen molar-refractivity contribution in [3.05, 3.63) is 0 Å². The Morgan fingerprint density at radius 3 is 2.31 bits per heavy atom. The van der Waals surface area contributed by atoms with Crippen molar-refractivity contribution in [2.75, 3.05) is 0 Å². The Balaban J connectivity index is 1.99. The van der Waals surface area contributed by atoms with Crippen molar-refractivity contribution in [1.82, 2.24) is 5.32 Å². The van der Waals surface area contributed by atoms with Gasteiger partial charge in [-0.1, -0.05) is 12.8 Å². The number of hydrogen-bond acceptors (Lipinski definition) is 2. The van der Waals surface area contributed by atoms with Crippen molar-refractivity contribution in [3.8, 4) is 6.07 Å². The van der Waals surface area contributed by atoms with Crippen molar-refractivity contribution in [3.63, 3.8) is 0 Å². The van der Waals surface area contributed by atoms with E-state index in [2.05, 4.69) is 18.3 Å². The highest BCUT2D eigenvalue weighted by molar-refractivity contribution is 5.11. The maximum Gasteiger partial charge on any atom is 0.106 e. The van der Waals surface area contributed by atoms with E-state index < -0.39 is 0 Å². The third kappa shape index (κ3) is 1.86. The molecule has 0 aromatic rings. The molecule has 0 bridgehead atoms. The minimum atomic E-state index is -0.238. The van der Waals surface area contributed by atoms with Gasteiger partial charge in [0.1, 0.15) is 5.54 Å². The predicted molar refractivity (Wildman–Crippen MR) is 52.1 cm³/mol. The Labute approximate surface area is 80.3 Å². The molecule has 0 heterocycles. The molecule has 1 atom stereocenters.